The molecule has 0 saturated carbocycles. The van der Waals surface area contributed by atoms with Gasteiger partial charge in [-0.1, -0.05) is 6.07 Å². The number of amides is 3. The molecule has 2 rings (SSSR count). The molecule has 7 heteroatoms. The summed E-state index contributed by atoms with van der Waals surface area (Å²) in [5.74, 6) is -0.598. The van der Waals surface area contributed by atoms with Gasteiger partial charge in [-0.05, 0) is 18.2 Å². The topological polar surface area (TPSA) is 99.3 Å². The standard InChI is InChI=1S/C13H16N4O3/c1-14-12(19)8-3-2-4-9(5-8)17-13(20)10-6-16-11(18)7-15-10/h2-5,10,15H,6-7H2,1H3,(H,14,19)(H,16,18)(H,17,20). The zero-order valence-corrected chi connectivity index (χ0v) is 11.0. The van der Waals surface area contributed by atoms with Gasteiger partial charge in [0.2, 0.25) is 11.8 Å². The molecule has 4 N–H and O–H groups in total. The Bertz CT molecular complexity index is 534. The summed E-state index contributed by atoms with van der Waals surface area (Å²) in [6.07, 6.45) is 0. The maximum Gasteiger partial charge on any atom is 0.251 e. The summed E-state index contributed by atoms with van der Waals surface area (Å²) in [6.45, 7) is 0.371. The van der Waals surface area contributed by atoms with Crippen molar-refractivity contribution in [3.63, 3.8) is 0 Å². The first-order valence-corrected chi connectivity index (χ1v) is 6.23. The van der Waals surface area contributed by atoms with Crippen molar-refractivity contribution in [3.05, 3.63) is 29.8 Å². The molecule has 0 aromatic heterocycles. The highest BCUT2D eigenvalue weighted by Gasteiger charge is 2.23. The van der Waals surface area contributed by atoms with E-state index >= 15 is 0 Å². The molecule has 1 aromatic carbocycles. The maximum absolute atomic E-state index is 12.0. The van der Waals surface area contributed by atoms with Gasteiger partial charge in [0.15, 0.2) is 0 Å². The number of piperazine rings is 1. The summed E-state index contributed by atoms with van der Waals surface area (Å²) in [5.41, 5.74) is 1.00. The van der Waals surface area contributed by atoms with E-state index in [1.807, 2.05) is 0 Å². The fourth-order valence-electron chi connectivity index (χ4n) is 1.86. The van der Waals surface area contributed by atoms with Gasteiger partial charge in [0.25, 0.3) is 5.91 Å². The molecule has 0 spiro atoms. The lowest BCUT2D eigenvalue weighted by atomic mass is 10.1. The number of hydrogen-bond acceptors (Lipinski definition) is 4. The van der Waals surface area contributed by atoms with Crippen molar-refractivity contribution in [1.82, 2.24) is 16.0 Å². The van der Waals surface area contributed by atoms with E-state index in [4.69, 9.17) is 0 Å². The van der Waals surface area contributed by atoms with Gasteiger partial charge >= 0.3 is 0 Å². The average molecular weight is 276 g/mol. The lowest BCUT2D eigenvalue weighted by Crippen LogP contribution is -2.56. The molecule has 7 nitrogen and oxygen atoms in total. The van der Waals surface area contributed by atoms with Gasteiger partial charge in [0.1, 0.15) is 6.04 Å². The van der Waals surface area contributed by atoms with Crippen LogP contribution in [-0.4, -0.2) is 43.9 Å². The normalized spacial score (nSPS) is 18.1. The van der Waals surface area contributed by atoms with E-state index in [2.05, 4.69) is 21.3 Å². The smallest absolute Gasteiger partial charge is 0.251 e. The second-order valence-corrected chi connectivity index (χ2v) is 4.39. The van der Waals surface area contributed by atoms with E-state index in [0.29, 0.717) is 11.3 Å². The van der Waals surface area contributed by atoms with Crippen LogP contribution >= 0.6 is 0 Å². The quantitative estimate of drug-likeness (QED) is 0.573. The van der Waals surface area contributed by atoms with Gasteiger partial charge in [-0.25, -0.2) is 0 Å². The van der Waals surface area contributed by atoms with Crippen LogP contribution in [0.2, 0.25) is 0 Å². The lowest BCUT2D eigenvalue weighted by molar-refractivity contribution is -0.124. The van der Waals surface area contributed by atoms with Gasteiger partial charge in [-0.2, -0.15) is 0 Å². The molecule has 1 aliphatic rings. The summed E-state index contributed by atoms with van der Waals surface area (Å²) in [7, 11) is 1.54. The molecule has 0 radical (unpaired) electrons. The molecule has 1 heterocycles. The van der Waals surface area contributed by atoms with Gasteiger partial charge < -0.3 is 16.0 Å². The Labute approximate surface area is 116 Å². The fraction of sp³-hybridized carbons (Fsp3) is 0.308. The minimum atomic E-state index is -0.476. The summed E-state index contributed by atoms with van der Waals surface area (Å²) in [5, 5.41) is 10.7. The first-order chi connectivity index (χ1) is 9.60. The number of hydrogen-bond donors (Lipinski definition) is 4. The van der Waals surface area contributed by atoms with Crippen LogP contribution in [0.15, 0.2) is 24.3 Å². The van der Waals surface area contributed by atoms with Crippen LogP contribution in [0.1, 0.15) is 10.4 Å². The number of anilines is 1. The molecule has 106 valence electrons. The Morgan fingerprint density at radius 3 is 2.80 bits per heavy atom. The third kappa shape index (κ3) is 3.33. The van der Waals surface area contributed by atoms with E-state index in [0.717, 1.165) is 0 Å². The molecule has 1 saturated heterocycles. The summed E-state index contributed by atoms with van der Waals surface area (Å²) >= 11 is 0. The molecule has 1 unspecified atom stereocenters. The number of rotatable bonds is 3. The molecular formula is C13H16N4O3. The fourth-order valence-corrected chi connectivity index (χ4v) is 1.86. The third-order valence-corrected chi connectivity index (χ3v) is 2.95. The van der Waals surface area contributed by atoms with E-state index in [9.17, 15) is 14.4 Å². The van der Waals surface area contributed by atoms with Crippen LogP contribution in [0.5, 0.6) is 0 Å². The van der Waals surface area contributed by atoms with Crippen LogP contribution in [0.4, 0.5) is 5.69 Å². The Hall–Kier alpha value is -2.41. The monoisotopic (exact) mass is 276 g/mol. The zero-order chi connectivity index (χ0) is 14.5. The molecule has 0 bridgehead atoms. The Morgan fingerprint density at radius 1 is 1.35 bits per heavy atom. The molecule has 1 aliphatic heterocycles. The first kappa shape index (κ1) is 14.0. The lowest BCUT2D eigenvalue weighted by Gasteiger charge is -2.23. The molecule has 1 aromatic rings. The summed E-state index contributed by atoms with van der Waals surface area (Å²) < 4.78 is 0. The number of carbonyl (C=O) groups excluding carboxylic acids is 3. The van der Waals surface area contributed by atoms with Crippen LogP contribution < -0.4 is 21.3 Å². The van der Waals surface area contributed by atoms with Crippen molar-refractivity contribution in [1.29, 1.82) is 0 Å². The van der Waals surface area contributed by atoms with Crippen LogP contribution in [-0.2, 0) is 9.59 Å². The van der Waals surface area contributed by atoms with Crippen molar-refractivity contribution in [2.45, 2.75) is 6.04 Å². The molecule has 0 aliphatic carbocycles. The highest BCUT2D eigenvalue weighted by Crippen LogP contribution is 2.11. The highest BCUT2D eigenvalue weighted by molar-refractivity contribution is 5.99. The number of carbonyl (C=O) groups is 3. The number of nitrogens with one attached hydrogen (secondary N) is 4. The van der Waals surface area contributed by atoms with Crippen molar-refractivity contribution in [2.24, 2.45) is 0 Å². The summed E-state index contributed by atoms with van der Waals surface area (Å²) in [4.78, 5) is 34.5. The van der Waals surface area contributed by atoms with Gasteiger partial charge in [-0.15, -0.1) is 0 Å². The molecule has 20 heavy (non-hydrogen) atoms. The molecule has 1 atom stereocenters. The van der Waals surface area contributed by atoms with E-state index in [-0.39, 0.29) is 30.8 Å². The van der Waals surface area contributed by atoms with Crippen LogP contribution in [0.25, 0.3) is 0 Å². The van der Waals surface area contributed by atoms with E-state index in [1.165, 1.54) is 0 Å². The van der Waals surface area contributed by atoms with Gasteiger partial charge in [0, 0.05) is 24.8 Å². The van der Waals surface area contributed by atoms with Gasteiger partial charge in [0.05, 0.1) is 6.54 Å². The Kier molecular flexibility index (Phi) is 4.31. The van der Waals surface area contributed by atoms with Crippen LogP contribution in [0, 0.1) is 0 Å². The third-order valence-electron chi connectivity index (χ3n) is 2.95. The average Bonchev–Trinajstić information content (AvgIpc) is 2.47. The maximum atomic E-state index is 12.0. The molecular weight excluding hydrogens is 260 g/mol. The second kappa shape index (κ2) is 6.16. The van der Waals surface area contributed by atoms with E-state index in [1.54, 1.807) is 31.3 Å². The number of benzene rings is 1. The van der Waals surface area contributed by atoms with E-state index < -0.39 is 6.04 Å². The minimum Gasteiger partial charge on any atom is -0.355 e. The van der Waals surface area contributed by atoms with Crippen molar-refractivity contribution in [3.8, 4) is 0 Å². The largest absolute Gasteiger partial charge is 0.355 e. The van der Waals surface area contributed by atoms with Crippen molar-refractivity contribution >= 4 is 23.4 Å². The van der Waals surface area contributed by atoms with Gasteiger partial charge in [-0.3, -0.25) is 19.7 Å². The van der Waals surface area contributed by atoms with Crippen LogP contribution in [0.3, 0.4) is 0 Å². The predicted octanol–water partition coefficient (Wildman–Crippen LogP) is -0.927. The second-order valence-electron chi connectivity index (χ2n) is 4.39. The molecule has 1 fully saturated rings. The van der Waals surface area contributed by atoms with Crippen molar-refractivity contribution in [2.75, 3.05) is 25.5 Å². The van der Waals surface area contributed by atoms with Crippen molar-refractivity contribution < 1.29 is 14.4 Å². The Morgan fingerprint density at radius 2 is 2.15 bits per heavy atom. The summed E-state index contributed by atoms with van der Waals surface area (Å²) in [6, 6.07) is 6.17. The molecule has 3 amide bonds. The predicted molar refractivity (Wildman–Crippen MR) is 73.3 cm³/mol. The SMILES string of the molecule is CNC(=O)c1cccc(NC(=O)C2CNC(=O)CN2)c1. The first-order valence-electron chi connectivity index (χ1n) is 6.23. The zero-order valence-electron chi connectivity index (χ0n) is 11.0. The minimum absolute atomic E-state index is 0.121. The Balaban J connectivity index is 2.00. The highest BCUT2D eigenvalue weighted by atomic mass is 16.2.